The summed E-state index contributed by atoms with van der Waals surface area (Å²) in [4.78, 5) is 0. The van der Waals surface area contributed by atoms with E-state index in [-0.39, 0.29) is 12.2 Å². The maximum atomic E-state index is 10.3. The summed E-state index contributed by atoms with van der Waals surface area (Å²) in [5.74, 6) is 0.999. The van der Waals surface area contributed by atoms with E-state index in [4.69, 9.17) is 4.74 Å². The maximum Gasteiger partial charge on any atom is 0.124 e. The van der Waals surface area contributed by atoms with Gasteiger partial charge in [-0.25, -0.2) is 0 Å². The molecule has 0 aromatic heterocycles. The van der Waals surface area contributed by atoms with Crippen LogP contribution < -0.4 is 10.1 Å². The van der Waals surface area contributed by atoms with E-state index >= 15 is 0 Å². The summed E-state index contributed by atoms with van der Waals surface area (Å²) in [7, 11) is 0. The van der Waals surface area contributed by atoms with Gasteiger partial charge in [0.15, 0.2) is 0 Å². The molecule has 0 amide bonds. The molecule has 3 heteroatoms. The average molecular weight is 289 g/mol. The predicted molar refractivity (Wildman–Crippen MR) is 84.7 cm³/mol. The minimum Gasteiger partial charge on any atom is -0.487 e. The Morgan fingerprint density at radius 3 is 2.90 bits per heavy atom. The Balaban J connectivity index is 1.77. The second-order valence-electron chi connectivity index (χ2n) is 6.33. The van der Waals surface area contributed by atoms with Crippen molar-refractivity contribution in [2.75, 3.05) is 6.54 Å². The Hall–Kier alpha value is -1.06. The normalized spacial score (nSPS) is 29.0. The Bertz CT molecular complexity index is 474. The zero-order valence-electron chi connectivity index (χ0n) is 13.0. The molecule has 2 aliphatic rings. The number of aliphatic hydroxyl groups is 1. The lowest BCUT2D eigenvalue weighted by Gasteiger charge is -2.23. The van der Waals surface area contributed by atoms with Crippen molar-refractivity contribution in [3.63, 3.8) is 0 Å². The summed E-state index contributed by atoms with van der Waals surface area (Å²) in [6, 6.07) is 6.84. The number of benzene rings is 1. The van der Waals surface area contributed by atoms with Crippen LogP contribution in [0.5, 0.6) is 5.75 Å². The molecular formula is C18H27NO2. The van der Waals surface area contributed by atoms with Crippen molar-refractivity contribution >= 4 is 0 Å². The number of nitrogens with one attached hydrogen (secondary N) is 1. The first kappa shape index (κ1) is 14.9. The largest absolute Gasteiger partial charge is 0.487 e. The highest BCUT2D eigenvalue weighted by Gasteiger charge is 2.28. The van der Waals surface area contributed by atoms with E-state index in [1.165, 1.54) is 17.5 Å². The van der Waals surface area contributed by atoms with E-state index in [0.29, 0.717) is 6.04 Å². The van der Waals surface area contributed by atoms with E-state index in [9.17, 15) is 5.11 Å². The van der Waals surface area contributed by atoms with Crippen LogP contribution in [0.15, 0.2) is 18.2 Å². The van der Waals surface area contributed by atoms with Gasteiger partial charge in [0.2, 0.25) is 0 Å². The van der Waals surface area contributed by atoms with Gasteiger partial charge >= 0.3 is 0 Å². The van der Waals surface area contributed by atoms with Crippen molar-refractivity contribution in [2.24, 2.45) is 0 Å². The third-order valence-corrected chi connectivity index (χ3v) is 4.87. The molecule has 1 aromatic rings. The van der Waals surface area contributed by atoms with Crippen molar-refractivity contribution in [1.82, 2.24) is 5.32 Å². The van der Waals surface area contributed by atoms with E-state index in [1.807, 2.05) is 0 Å². The lowest BCUT2D eigenvalue weighted by Crippen LogP contribution is -2.30. The van der Waals surface area contributed by atoms with Gasteiger partial charge in [0.25, 0.3) is 0 Å². The number of rotatable bonds is 4. The number of fused-ring (bicyclic) bond motifs is 1. The predicted octanol–water partition coefficient (Wildman–Crippen LogP) is 3.36. The first-order valence-electron chi connectivity index (χ1n) is 8.49. The minimum absolute atomic E-state index is 0.0304. The zero-order valence-corrected chi connectivity index (χ0v) is 13.0. The summed E-state index contributed by atoms with van der Waals surface area (Å²) >= 11 is 0. The molecule has 3 nitrogen and oxygen atoms in total. The third-order valence-electron chi connectivity index (χ3n) is 4.87. The summed E-state index contributed by atoms with van der Waals surface area (Å²) in [5.41, 5.74) is 2.73. The fourth-order valence-electron chi connectivity index (χ4n) is 3.74. The van der Waals surface area contributed by atoms with Gasteiger partial charge in [-0.3, -0.25) is 0 Å². The van der Waals surface area contributed by atoms with Gasteiger partial charge in [0.05, 0.1) is 6.10 Å². The molecular weight excluding hydrogens is 262 g/mol. The molecule has 1 fully saturated rings. The molecule has 2 aliphatic carbocycles. The lowest BCUT2D eigenvalue weighted by atomic mass is 10.1. The van der Waals surface area contributed by atoms with Crippen molar-refractivity contribution in [3.05, 3.63) is 29.3 Å². The number of hydrogen-bond acceptors (Lipinski definition) is 3. The Labute approximate surface area is 127 Å². The molecule has 1 aromatic carbocycles. The Morgan fingerprint density at radius 2 is 2.05 bits per heavy atom. The molecule has 1 saturated carbocycles. The molecule has 0 saturated heterocycles. The molecule has 3 unspecified atom stereocenters. The van der Waals surface area contributed by atoms with Crippen LogP contribution in [-0.4, -0.2) is 23.9 Å². The van der Waals surface area contributed by atoms with Gasteiger partial charge < -0.3 is 15.2 Å². The smallest absolute Gasteiger partial charge is 0.124 e. The van der Waals surface area contributed by atoms with E-state index in [0.717, 1.165) is 50.8 Å². The molecule has 2 N–H and O–H groups in total. The summed E-state index contributed by atoms with van der Waals surface area (Å²) in [5, 5.41) is 13.8. The van der Waals surface area contributed by atoms with E-state index in [2.05, 4.69) is 30.4 Å². The Morgan fingerprint density at radius 1 is 1.19 bits per heavy atom. The van der Waals surface area contributed by atoms with E-state index < -0.39 is 0 Å². The highest BCUT2D eigenvalue weighted by atomic mass is 16.5. The van der Waals surface area contributed by atoms with E-state index in [1.54, 1.807) is 0 Å². The first-order valence-corrected chi connectivity index (χ1v) is 8.49. The van der Waals surface area contributed by atoms with Gasteiger partial charge in [-0.1, -0.05) is 31.9 Å². The first-order chi connectivity index (χ1) is 10.3. The molecule has 0 bridgehead atoms. The standard InChI is InChI=1S/C18H27NO2/c1-2-19-15-12-11-14-13(15)7-6-10-17(14)21-18-9-5-3-4-8-16(18)20/h6-7,10,15-16,18-20H,2-5,8-9,11-12H2,1H3. The van der Waals surface area contributed by atoms with Crippen molar-refractivity contribution < 1.29 is 9.84 Å². The molecule has 3 rings (SSSR count). The molecule has 116 valence electrons. The monoisotopic (exact) mass is 289 g/mol. The number of aliphatic hydroxyl groups excluding tert-OH is 1. The van der Waals surface area contributed by atoms with Crippen LogP contribution in [0.1, 0.15) is 62.6 Å². The number of hydrogen-bond donors (Lipinski definition) is 2. The van der Waals surface area contributed by atoms with Crippen LogP contribution >= 0.6 is 0 Å². The van der Waals surface area contributed by atoms with Crippen LogP contribution in [0.4, 0.5) is 0 Å². The van der Waals surface area contributed by atoms with Crippen LogP contribution in [0.25, 0.3) is 0 Å². The van der Waals surface area contributed by atoms with Gasteiger partial charge in [0.1, 0.15) is 11.9 Å². The number of ether oxygens (including phenoxy) is 1. The van der Waals surface area contributed by atoms with Gasteiger partial charge in [-0.2, -0.15) is 0 Å². The molecule has 0 heterocycles. The van der Waals surface area contributed by atoms with Crippen LogP contribution in [0.2, 0.25) is 0 Å². The van der Waals surface area contributed by atoms with Crippen LogP contribution in [0, 0.1) is 0 Å². The highest BCUT2D eigenvalue weighted by molar-refractivity contribution is 5.45. The van der Waals surface area contributed by atoms with Crippen LogP contribution in [-0.2, 0) is 6.42 Å². The third kappa shape index (κ3) is 3.24. The molecule has 21 heavy (non-hydrogen) atoms. The summed E-state index contributed by atoms with van der Waals surface area (Å²) in [6.07, 6.45) is 7.23. The molecule has 3 atom stereocenters. The average Bonchev–Trinajstić information content (AvgIpc) is 2.79. The topological polar surface area (TPSA) is 41.5 Å². The molecule has 0 aliphatic heterocycles. The SMILES string of the molecule is CCNC1CCc2c(OC3CCCCCC3O)cccc21. The van der Waals surface area contributed by atoms with Crippen LogP contribution in [0.3, 0.4) is 0 Å². The van der Waals surface area contributed by atoms with Gasteiger partial charge in [-0.15, -0.1) is 0 Å². The quantitative estimate of drug-likeness (QED) is 0.835. The van der Waals surface area contributed by atoms with Crippen molar-refractivity contribution in [3.8, 4) is 5.75 Å². The maximum absolute atomic E-state index is 10.3. The van der Waals surface area contributed by atoms with Gasteiger partial charge in [-0.05, 0) is 55.8 Å². The second-order valence-corrected chi connectivity index (χ2v) is 6.33. The fourth-order valence-corrected chi connectivity index (χ4v) is 3.74. The molecule has 0 spiro atoms. The summed E-state index contributed by atoms with van der Waals surface area (Å²) in [6.45, 7) is 3.15. The highest BCUT2D eigenvalue weighted by Crippen LogP contribution is 2.38. The Kier molecular flexibility index (Phi) is 4.81. The lowest BCUT2D eigenvalue weighted by molar-refractivity contribution is 0.0315. The van der Waals surface area contributed by atoms with Crippen molar-refractivity contribution in [1.29, 1.82) is 0 Å². The van der Waals surface area contributed by atoms with Gasteiger partial charge in [0, 0.05) is 6.04 Å². The molecule has 0 radical (unpaired) electrons. The minimum atomic E-state index is -0.311. The second kappa shape index (κ2) is 6.80. The zero-order chi connectivity index (χ0) is 14.7. The summed E-state index contributed by atoms with van der Waals surface area (Å²) < 4.78 is 6.24. The fraction of sp³-hybridized carbons (Fsp3) is 0.667. The van der Waals surface area contributed by atoms with Crippen molar-refractivity contribution in [2.45, 2.75) is 70.1 Å².